The van der Waals surface area contributed by atoms with Crippen LogP contribution in [0.2, 0.25) is 0 Å². The second-order valence-corrected chi connectivity index (χ2v) is 5.00. The van der Waals surface area contributed by atoms with E-state index in [0.717, 1.165) is 32.5 Å². The highest BCUT2D eigenvalue weighted by molar-refractivity contribution is 4.89. The molecule has 1 fully saturated rings. The molecular formula is C13H28N2O. The third kappa shape index (κ3) is 3.19. The first kappa shape index (κ1) is 13.9. The number of ether oxygens (including phenoxy) is 1. The third-order valence-electron chi connectivity index (χ3n) is 4.26. The number of nitrogens with two attached hydrogens (primary N) is 1. The standard InChI is InChI=1S/C13H28N2O/c1-4-13(5-2,11-14)15(3)10-12-8-6-7-9-16-12/h12H,4-11,14H2,1-3H3. The number of hydrogen-bond acceptors (Lipinski definition) is 3. The summed E-state index contributed by atoms with van der Waals surface area (Å²) in [6.45, 7) is 7.16. The largest absolute Gasteiger partial charge is 0.377 e. The Morgan fingerprint density at radius 2 is 2.00 bits per heavy atom. The Bertz CT molecular complexity index is 178. The van der Waals surface area contributed by atoms with Gasteiger partial charge in [0.25, 0.3) is 0 Å². The third-order valence-corrected chi connectivity index (χ3v) is 4.26. The van der Waals surface area contributed by atoms with Crippen LogP contribution in [0.25, 0.3) is 0 Å². The monoisotopic (exact) mass is 228 g/mol. The van der Waals surface area contributed by atoms with Crippen LogP contribution in [0.15, 0.2) is 0 Å². The first-order chi connectivity index (χ1) is 7.68. The predicted octanol–water partition coefficient (Wildman–Crippen LogP) is 2.00. The predicted molar refractivity (Wildman–Crippen MR) is 68.6 cm³/mol. The quantitative estimate of drug-likeness (QED) is 0.756. The van der Waals surface area contributed by atoms with Gasteiger partial charge in [-0.2, -0.15) is 0 Å². The fourth-order valence-corrected chi connectivity index (χ4v) is 2.68. The molecule has 0 spiro atoms. The van der Waals surface area contributed by atoms with Gasteiger partial charge in [-0.15, -0.1) is 0 Å². The molecule has 1 heterocycles. The van der Waals surface area contributed by atoms with Gasteiger partial charge in [-0.25, -0.2) is 0 Å². The molecule has 0 aliphatic carbocycles. The van der Waals surface area contributed by atoms with Gasteiger partial charge in [0.1, 0.15) is 0 Å². The molecule has 0 bridgehead atoms. The maximum atomic E-state index is 5.95. The molecule has 1 unspecified atom stereocenters. The molecule has 1 aliphatic rings. The summed E-state index contributed by atoms with van der Waals surface area (Å²) in [5.41, 5.74) is 6.12. The molecule has 1 rings (SSSR count). The minimum Gasteiger partial charge on any atom is -0.377 e. The summed E-state index contributed by atoms with van der Waals surface area (Å²) < 4.78 is 5.79. The average molecular weight is 228 g/mol. The van der Waals surface area contributed by atoms with E-state index in [4.69, 9.17) is 10.5 Å². The lowest BCUT2D eigenvalue weighted by molar-refractivity contribution is -0.0241. The van der Waals surface area contributed by atoms with E-state index in [2.05, 4.69) is 25.8 Å². The van der Waals surface area contributed by atoms with Crippen molar-refractivity contribution in [1.82, 2.24) is 4.90 Å². The van der Waals surface area contributed by atoms with Crippen LogP contribution in [0.4, 0.5) is 0 Å². The molecule has 0 aromatic carbocycles. The van der Waals surface area contributed by atoms with Gasteiger partial charge in [0.2, 0.25) is 0 Å². The van der Waals surface area contributed by atoms with E-state index < -0.39 is 0 Å². The molecule has 96 valence electrons. The second kappa shape index (κ2) is 6.58. The summed E-state index contributed by atoms with van der Waals surface area (Å²) in [6.07, 6.45) is 6.39. The van der Waals surface area contributed by atoms with Gasteiger partial charge in [0, 0.05) is 25.2 Å². The lowest BCUT2D eigenvalue weighted by atomic mass is 9.90. The zero-order valence-electron chi connectivity index (χ0n) is 11.2. The van der Waals surface area contributed by atoms with Crippen molar-refractivity contribution in [2.24, 2.45) is 5.73 Å². The van der Waals surface area contributed by atoms with Crippen LogP contribution in [-0.2, 0) is 4.74 Å². The van der Waals surface area contributed by atoms with Crippen molar-refractivity contribution in [3.05, 3.63) is 0 Å². The molecule has 2 N–H and O–H groups in total. The maximum absolute atomic E-state index is 5.95. The first-order valence-corrected chi connectivity index (χ1v) is 6.71. The van der Waals surface area contributed by atoms with Crippen molar-refractivity contribution >= 4 is 0 Å². The summed E-state index contributed by atoms with van der Waals surface area (Å²) in [4.78, 5) is 2.42. The lowest BCUT2D eigenvalue weighted by Crippen LogP contribution is -2.53. The molecular weight excluding hydrogens is 200 g/mol. The van der Waals surface area contributed by atoms with E-state index in [1.54, 1.807) is 0 Å². The normalized spacial score (nSPS) is 22.7. The zero-order chi connectivity index (χ0) is 12.0. The van der Waals surface area contributed by atoms with E-state index in [1.165, 1.54) is 19.3 Å². The van der Waals surface area contributed by atoms with Crippen molar-refractivity contribution < 1.29 is 4.74 Å². The minimum atomic E-state index is 0.167. The van der Waals surface area contributed by atoms with Gasteiger partial charge in [0.05, 0.1) is 6.10 Å². The number of rotatable bonds is 6. The molecule has 0 radical (unpaired) electrons. The van der Waals surface area contributed by atoms with Gasteiger partial charge in [-0.1, -0.05) is 13.8 Å². The van der Waals surface area contributed by atoms with Crippen LogP contribution in [-0.4, -0.2) is 43.3 Å². The van der Waals surface area contributed by atoms with E-state index in [-0.39, 0.29) is 5.54 Å². The highest BCUT2D eigenvalue weighted by Gasteiger charge is 2.31. The topological polar surface area (TPSA) is 38.5 Å². The number of nitrogens with zero attached hydrogens (tertiary/aromatic N) is 1. The van der Waals surface area contributed by atoms with E-state index in [1.807, 2.05) is 0 Å². The Morgan fingerprint density at radius 1 is 1.31 bits per heavy atom. The van der Waals surface area contributed by atoms with Crippen molar-refractivity contribution in [3.63, 3.8) is 0 Å². The fourth-order valence-electron chi connectivity index (χ4n) is 2.68. The fraction of sp³-hybridized carbons (Fsp3) is 1.00. The highest BCUT2D eigenvalue weighted by atomic mass is 16.5. The van der Waals surface area contributed by atoms with Crippen LogP contribution in [0.3, 0.4) is 0 Å². The molecule has 1 aliphatic heterocycles. The Labute approximate surface area is 100 Å². The molecule has 0 aromatic rings. The lowest BCUT2D eigenvalue weighted by Gasteiger charge is -2.42. The molecule has 1 atom stereocenters. The first-order valence-electron chi connectivity index (χ1n) is 6.71. The van der Waals surface area contributed by atoms with Gasteiger partial charge in [-0.3, -0.25) is 4.90 Å². The van der Waals surface area contributed by atoms with Crippen molar-refractivity contribution in [1.29, 1.82) is 0 Å². The Kier molecular flexibility index (Phi) is 5.73. The minimum absolute atomic E-state index is 0.167. The molecule has 0 saturated carbocycles. The van der Waals surface area contributed by atoms with E-state index in [9.17, 15) is 0 Å². The summed E-state index contributed by atoms with van der Waals surface area (Å²) >= 11 is 0. The summed E-state index contributed by atoms with van der Waals surface area (Å²) in [5.74, 6) is 0. The summed E-state index contributed by atoms with van der Waals surface area (Å²) in [6, 6.07) is 0. The van der Waals surface area contributed by atoms with Crippen molar-refractivity contribution in [2.45, 2.75) is 57.6 Å². The van der Waals surface area contributed by atoms with Crippen molar-refractivity contribution in [2.75, 3.05) is 26.7 Å². The van der Waals surface area contributed by atoms with Gasteiger partial charge in [-0.05, 0) is 39.2 Å². The summed E-state index contributed by atoms with van der Waals surface area (Å²) in [5, 5.41) is 0. The van der Waals surface area contributed by atoms with Crippen LogP contribution < -0.4 is 5.73 Å². The van der Waals surface area contributed by atoms with Crippen LogP contribution >= 0.6 is 0 Å². The van der Waals surface area contributed by atoms with Crippen LogP contribution in [0.5, 0.6) is 0 Å². The SMILES string of the molecule is CCC(CC)(CN)N(C)CC1CCCCO1. The molecule has 0 amide bonds. The Hall–Kier alpha value is -0.120. The molecule has 3 nitrogen and oxygen atoms in total. The van der Waals surface area contributed by atoms with E-state index in [0.29, 0.717) is 6.10 Å². The summed E-state index contributed by atoms with van der Waals surface area (Å²) in [7, 11) is 2.19. The molecule has 3 heteroatoms. The second-order valence-electron chi connectivity index (χ2n) is 5.00. The maximum Gasteiger partial charge on any atom is 0.0702 e. The average Bonchev–Trinajstić information content (AvgIpc) is 2.33. The molecule has 1 saturated heterocycles. The van der Waals surface area contributed by atoms with E-state index >= 15 is 0 Å². The van der Waals surface area contributed by atoms with Crippen LogP contribution in [0, 0.1) is 0 Å². The van der Waals surface area contributed by atoms with Crippen LogP contribution in [0.1, 0.15) is 46.0 Å². The molecule has 0 aromatic heterocycles. The van der Waals surface area contributed by atoms with Gasteiger partial charge >= 0.3 is 0 Å². The Morgan fingerprint density at radius 3 is 2.44 bits per heavy atom. The Balaban J connectivity index is 2.50. The molecule has 16 heavy (non-hydrogen) atoms. The number of hydrogen-bond donors (Lipinski definition) is 1. The zero-order valence-corrected chi connectivity index (χ0v) is 11.2. The van der Waals surface area contributed by atoms with Gasteiger partial charge < -0.3 is 10.5 Å². The highest BCUT2D eigenvalue weighted by Crippen LogP contribution is 2.23. The smallest absolute Gasteiger partial charge is 0.0702 e. The van der Waals surface area contributed by atoms with Crippen molar-refractivity contribution in [3.8, 4) is 0 Å². The number of likely N-dealkylation sites (N-methyl/N-ethyl adjacent to an activating group) is 1. The van der Waals surface area contributed by atoms with Gasteiger partial charge in [0.15, 0.2) is 0 Å².